The molecule has 110 valence electrons. The van der Waals surface area contributed by atoms with E-state index in [0.29, 0.717) is 16.8 Å². The second-order valence-electron chi connectivity index (χ2n) is 5.08. The lowest BCUT2D eigenvalue weighted by Gasteiger charge is -2.07. The smallest absolute Gasteiger partial charge is 0.269 e. The van der Waals surface area contributed by atoms with E-state index >= 15 is 0 Å². The Kier molecular flexibility index (Phi) is 3.74. The van der Waals surface area contributed by atoms with Crippen LogP contribution in [0.15, 0.2) is 54.7 Å². The van der Waals surface area contributed by atoms with Crippen molar-refractivity contribution in [1.82, 2.24) is 4.57 Å². The molecule has 0 saturated carbocycles. The van der Waals surface area contributed by atoms with Crippen molar-refractivity contribution in [3.05, 3.63) is 65.9 Å². The summed E-state index contributed by atoms with van der Waals surface area (Å²) in [7, 11) is 0. The molecular weight excluding hydrogens is 278 g/mol. The van der Waals surface area contributed by atoms with Crippen LogP contribution in [-0.4, -0.2) is 23.4 Å². The van der Waals surface area contributed by atoms with E-state index in [1.807, 2.05) is 55.5 Å². The molecule has 0 aliphatic rings. The zero-order chi connectivity index (χ0) is 15.5. The Hall–Kier alpha value is -2.88. The zero-order valence-corrected chi connectivity index (χ0v) is 12.2. The SMILES string of the molecule is Cc1ccc(OCC(=O)n2cc(C=O)c3ccccc32)cc1. The van der Waals surface area contributed by atoms with Gasteiger partial charge in [0.25, 0.3) is 5.91 Å². The number of aldehydes is 1. The Morgan fingerprint density at radius 1 is 1.14 bits per heavy atom. The van der Waals surface area contributed by atoms with E-state index < -0.39 is 0 Å². The minimum atomic E-state index is -0.218. The first-order valence-electron chi connectivity index (χ1n) is 6.97. The standard InChI is InChI=1S/C18H15NO3/c1-13-6-8-15(9-7-13)22-12-18(21)19-10-14(11-20)16-4-2-3-5-17(16)19/h2-11H,12H2,1H3. The van der Waals surface area contributed by atoms with E-state index in [1.165, 1.54) is 4.57 Å². The second-order valence-corrected chi connectivity index (χ2v) is 5.08. The van der Waals surface area contributed by atoms with Crippen LogP contribution in [0, 0.1) is 6.92 Å². The third-order valence-electron chi connectivity index (χ3n) is 3.52. The molecule has 0 aliphatic heterocycles. The van der Waals surface area contributed by atoms with Crippen LogP contribution < -0.4 is 4.74 Å². The van der Waals surface area contributed by atoms with Gasteiger partial charge >= 0.3 is 0 Å². The molecule has 1 heterocycles. The van der Waals surface area contributed by atoms with Gasteiger partial charge in [0.05, 0.1) is 5.52 Å². The molecule has 0 N–H and O–H groups in total. The van der Waals surface area contributed by atoms with Crippen LogP contribution in [0.2, 0.25) is 0 Å². The number of benzene rings is 2. The van der Waals surface area contributed by atoms with Crippen LogP contribution in [0.25, 0.3) is 10.9 Å². The van der Waals surface area contributed by atoms with Crippen LogP contribution in [-0.2, 0) is 0 Å². The van der Waals surface area contributed by atoms with Gasteiger partial charge in [-0.2, -0.15) is 0 Å². The Morgan fingerprint density at radius 2 is 1.86 bits per heavy atom. The predicted octanol–water partition coefficient (Wildman–Crippen LogP) is 3.48. The lowest BCUT2D eigenvalue weighted by Crippen LogP contribution is -2.18. The third kappa shape index (κ3) is 2.63. The summed E-state index contributed by atoms with van der Waals surface area (Å²) in [5.41, 5.74) is 2.34. The van der Waals surface area contributed by atoms with Crippen molar-refractivity contribution in [1.29, 1.82) is 0 Å². The molecule has 0 fully saturated rings. The summed E-state index contributed by atoms with van der Waals surface area (Å²) in [5.74, 6) is 0.427. The fourth-order valence-electron chi connectivity index (χ4n) is 2.36. The summed E-state index contributed by atoms with van der Waals surface area (Å²) >= 11 is 0. The molecule has 1 aromatic heterocycles. The van der Waals surface area contributed by atoms with Crippen molar-refractivity contribution in [2.24, 2.45) is 0 Å². The van der Waals surface area contributed by atoms with Gasteiger partial charge in [0.2, 0.25) is 0 Å². The monoisotopic (exact) mass is 293 g/mol. The first-order chi connectivity index (χ1) is 10.7. The molecule has 2 aromatic carbocycles. The molecule has 0 radical (unpaired) electrons. The van der Waals surface area contributed by atoms with Crippen LogP contribution in [0.5, 0.6) is 5.75 Å². The molecule has 0 spiro atoms. The molecule has 0 atom stereocenters. The summed E-state index contributed by atoms with van der Waals surface area (Å²) in [6.07, 6.45) is 2.31. The Balaban J connectivity index is 1.83. The second kappa shape index (κ2) is 5.85. The van der Waals surface area contributed by atoms with E-state index in [0.717, 1.165) is 17.2 Å². The number of para-hydroxylation sites is 1. The predicted molar refractivity (Wildman–Crippen MR) is 84.6 cm³/mol. The van der Waals surface area contributed by atoms with Crippen LogP contribution >= 0.6 is 0 Å². The number of hydrogen-bond donors (Lipinski definition) is 0. The fourth-order valence-corrected chi connectivity index (χ4v) is 2.36. The molecule has 0 saturated heterocycles. The van der Waals surface area contributed by atoms with Crippen molar-refractivity contribution in [3.63, 3.8) is 0 Å². The Bertz CT molecular complexity index is 831. The summed E-state index contributed by atoms with van der Waals surface area (Å²) in [4.78, 5) is 23.5. The maximum atomic E-state index is 12.4. The average molecular weight is 293 g/mol. The van der Waals surface area contributed by atoms with Gasteiger partial charge < -0.3 is 4.74 Å². The zero-order valence-electron chi connectivity index (χ0n) is 12.2. The number of nitrogens with zero attached hydrogens (tertiary/aromatic N) is 1. The summed E-state index contributed by atoms with van der Waals surface area (Å²) in [6.45, 7) is 1.90. The van der Waals surface area contributed by atoms with E-state index in [-0.39, 0.29) is 12.5 Å². The van der Waals surface area contributed by atoms with Gasteiger partial charge in [0, 0.05) is 17.1 Å². The number of carbonyl (C=O) groups excluding carboxylic acids is 2. The molecule has 4 heteroatoms. The van der Waals surface area contributed by atoms with Gasteiger partial charge in [0.1, 0.15) is 5.75 Å². The van der Waals surface area contributed by atoms with Crippen molar-refractivity contribution in [2.75, 3.05) is 6.61 Å². The van der Waals surface area contributed by atoms with Crippen molar-refractivity contribution in [2.45, 2.75) is 6.92 Å². The van der Waals surface area contributed by atoms with Crippen molar-refractivity contribution < 1.29 is 14.3 Å². The van der Waals surface area contributed by atoms with Gasteiger partial charge in [-0.25, -0.2) is 0 Å². The Labute approximate surface area is 127 Å². The van der Waals surface area contributed by atoms with Crippen molar-refractivity contribution >= 4 is 23.1 Å². The number of aryl methyl sites for hydroxylation is 1. The van der Waals surface area contributed by atoms with E-state index in [9.17, 15) is 9.59 Å². The van der Waals surface area contributed by atoms with Gasteiger partial charge in [-0.05, 0) is 25.1 Å². The first kappa shape index (κ1) is 14.1. The molecule has 3 rings (SSSR count). The molecule has 0 aliphatic carbocycles. The number of fused-ring (bicyclic) bond motifs is 1. The highest BCUT2D eigenvalue weighted by atomic mass is 16.5. The molecular formula is C18H15NO3. The molecule has 3 aromatic rings. The largest absolute Gasteiger partial charge is 0.484 e. The number of hydrogen-bond acceptors (Lipinski definition) is 3. The summed E-state index contributed by atoms with van der Waals surface area (Å²) in [6, 6.07) is 14.8. The normalized spacial score (nSPS) is 10.6. The molecule has 0 bridgehead atoms. The number of ether oxygens (including phenoxy) is 1. The maximum absolute atomic E-state index is 12.4. The molecule has 0 amide bonds. The van der Waals surface area contributed by atoms with Crippen LogP contribution in [0.1, 0.15) is 20.7 Å². The van der Waals surface area contributed by atoms with Gasteiger partial charge in [-0.1, -0.05) is 35.9 Å². The van der Waals surface area contributed by atoms with Gasteiger partial charge in [-0.15, -0.1) is 0 Å². The lowest BCUT2D eigenvalue weighted by molar-refractivity contribution is 0.0843. The van der Waals surface area contributed by atoms with E-state index in [4.69, 9.17) is 4.74 Å². The van der Waals surface area contributed by atoms with Crippen molar-refractivity contribution in [3.8, 4) is 5.75 Å². The number of aromatic nitrogens is 1. The van der Waals surface area contributed by atoms with Crippen LogP contribution in [0.4, 0.5) is 0 Å². The molecule has 4 nitrogen and oxygen atoms in total. The van der Waals surface area contributed by atoms with Gasteiger partial charge in [-0.3, -0.25) is 14.2 Å². The highest BCUT2D eigenvalue weighted by Crippen LogP contribution is 2.20. The maximum Gasteiger partial charge on any atom is 0.269 e. The highest BCUT2D eigenvalue weighted by Gasteiger charge is 2.13. The quantitative estimate of drug-likeness (QED) is 0.692. The Morgan fingerprint density at radius 3 is 2.59 bits per heavy atom. The number of rotatable bonds is 4. The fraction of sp³-hybridized carbons (Fsp3) is 0.111. The van der Waals surface area contributed by atoms with E-state index in [2.05, 4.69) is 0 Å². The number of carbonyl (C=O) groups is 2. The molecule has 0 unspecified atom stereocenters. The third-order valence-corrected chi connectivity index (χ3v) is 3.52. The van der Waals surface area contributed by atoms with E-state index in [1.54, 1.807) is 6.20 Å². The summed E-state index contributed by atoms with van der Waals surface area (Å²) in [5, 5.41) is 0.765. The summed E-state index contributed by atoms with van der Waals surface area (Å²) < 4.78 is 6.98. The van der Waals surface area contributed by atoms with Crippen LogP contribution in [0.3, 0.4) is 0 Å². The topological polar surface area (TPSA) is 48.3 Å². The van der Waals surface area contributed by atoms with Gasteiger partial charge in [0.15, 0.2) is 12.9 Å². The minimum Gasteiger partial charge on any atom is -0.484 e. The molecule has 22 heavy (non-hydrogen) atoms. The average Bonchev–Trinajstić information content (AvgIpc) is 2.93. The minimum absolute atomic E-state index is 0.0833. The first-order valence-corrected chi connectivity index (χ1v) is 6.97. The highest BCUT2D eigenvalue weighted by molar-refractivity contribution is 6.02. The lowest BCUT2D eigenvalue weighted by atomic mass is 10.2.